The Morgan fingerprint density at radius 1 is 0.972 bits per heavy atom. The Bertz CT molecular complexity index is 1030. The van der Waals surface area contributed by atoms with Crippen molar-refractivity contribution in [2.45, 2.75) is 26.2 Å². The number of hydrogen-bond acceptors (Lipinski definition) is 8. The zero-order valence-electron chi connectivity index (χ0n) is 20.4. The van der Waals surface area contributed by atoms with Crippen molar-refractivity contribution in [1.29, 1.82) is 0 Å². The molecule has 0 radical (unpaired) electrons. The van der Waals surface area contributed by atoms with Crippen molar-refractivity contribution in [3.63, 3.8) is 0 Å². The third kappa shape index (κ3) is 6.38. The van der Waals surface area contributed by atoms with Crippen LogP contribution in [-0.2, 0) is 19.1 Å². The van der Waals surface area contributed by atoms with Gasteiger partial charge < -0.3 is 24.0 Å². The van der Waals surface area contributed by atoms with Gasteiger partial charge in [0.05, 0.1) is 24.7 Å². The average Bonchev–Trinajstić information content (AvgIpc) is 3.16. The van der Waals surface area contributed by atoms with E-state index in [1.54, 1.807) is 34.1 Å². The lowest BCUT2D eigenvalue weighted by Gasteiger charge is -2.27. The summed E-state index contributed by atoms with van der Waals surface area (Å²) in [6.07, 6.45) is 4.57. The van der Waals surface area contributed by atoms with Crippen LogP contribution in [-0.4, -0.2) is 96.8 Å². The number of benzene rings is 1. The first-order valence-electron chi connectivity index (χ1n) is 12.2. The summed E-state index contributed by atoms with van der Waals surface area (Å²) in [5.41, 5.74) is 0.637. The Morgan fingerprint density at radius 2 is 1.69 bits per heavy atom. The van der Waals surface area contributed by atoms with Crippen molar-refractivity contribution < 1.29 is 33.4 Å². The maximum Gasteiger partial charge on any atom is 0.294 e. The van der Waals surface area contributed by atoms with Crippen molar-refractivity contribution in [3.8, 4) is 11.5 Å². The van der Waals surface area contributed by atoms with Gasteiger partial charge in [-0.15, -0.1) is 0 Å². The van der Waals surface area contributed by atoms with Crippen LogP contribution in [0.25, 0.3) is 6.08 Å². The van der Waals surface area contributed by atoms with Gasteiger partial charge in [0.2, 0.25) is 5.91 Å². The molecule has 0 aromatic heterocycles. The molecule has 0 unspecified atom stereocenters. The van der Waals surface area contributed by atoms with Crippen molar-refractivity contribution in [1.82, 2.24) is 14.7 Å². The fourth-order valence-corrected chi connectivity index (χ4v) is 5.05. The van der Waals surface area contributed by atoms with Gasteiger partial charge in [0.1, 0.15) is 6.54 Å². The molecular formula is C25H31N3O7S. The fraction of sp³-hybridized carbons (Fsp3) is 0.520. The van der Waals surface area contributed by atoms with E-state index in [0.717, 1.165) is 35.9 Å². The highest BCUT2D eigenvalue weighted by Gasteiger charge is 2.37. The maximum atomic E-state index is 12.9. The highest BCUT2D eigenvalue weighted by molar-refractivity contribution is 8.18. The quantitative estimate of drug-likeness (QED) is 0.484. The van der Waals surface area contributed by atoms with Crippen LogP contribution in [0, 0.1) is 0 Å². The first kappa shape index (κ1) is 26.0. The van der Waals surface area contributed by atoms with Gasteiger partial charge in [-0.05, 0) is 61.7 Å². The summed E-state index contributed by atoms with van der Waals surface area (Å²) in [5, 5.41) is -0.455. The monoisotopic (exact) mass is 517 g/mol. The molecule has 0 saturated carbocycles. The fourth-order valence-electron chi connectivity index (χ4n) is 4.21. The van der Waals surface area contributed by atoms with E-state index in [0.29, 0.717) is 63.1 Å². The second kappa shape index (κ2) is 12.3. The minimum atomic E-state index is -0.482. The number of nitrogens with zero attached hydrogens (tertiary/aromatic N) is 3. The largest absolute Gasteiger partial charge is 0.490 e. The number of imide groups is 1. The van der Waals surface area contributed by atoms with Crippen LogP contribution >= 0.6 is 11.8 Å². The minimum absolute atomic E-state index is 0.122. The van der Waals surface area contributed by atoms with Crippen LogP contribution in [0.1, 0.15) is 31.7 Å². The van der Waals surface area contributed by atoms with E-state index in [1.165, 1.54) is 0 Å². The number of piperidine rings is 1. The Labute approximate surface area is 214 Å². The van der Waals surface area contributed by atoms with Crippen LogP contribution in [0.15, 0.2) is 23.1 Å². The summed E-state index contributed by atoms with van der Waals surface area (Å²) in [6, 6.07) is 5.10. The first-order valence-corrected chi connectivity index (χ1v) is 13.1. The van der Waals surface area contributed by atoms with Crippen LogP contribution in [0.3, 0.4) is 0 Å². The Hall–Kier alpha value is -3.05. The maximum absolute atomic E-state index is 12.9. The van der Waals surface area contributed by atoms with Gasteiger partial charge in [0, 0.05) is 26.2 Å². The molecule has 0 bridgehead atoms. The van der Waals surface area contributed by atoms with Gasteiger partial charge in [-0.25, -0.2) is 0 Å². The SMILES string of the molecule is CCOc1cc(/C=C2\SC(=O)N(CC(=O)N3CCCCC3)C2=O)ccc1OCC(=O)N1CCOCC1. The van der Waals surface area contributed by atoms with E-state index < -0.39 is 11.1 Å². The standard InChI is InChI=1S/C25H31N3O7S/c1-2-34-20-14-18(6-7-19(20)35-17-23(30)27-10-12-33-13-11-27)15-21-24(31)28(25(32)36-21)16-22(29)26-8-4-3-5-9-26/h6-7,14-15H,2-5,8-13,16-17H2,1H3/b21-15-. The molecule has 3 fully saturated rings. The number of hydrogen-bond donors (Lipinski definition) is 0. The summed E-state index contributed by atoms with van der Waals surface area (Å²) >= 11 is 0.814. The molecule has 3 heterocycles. The summed E-state index contributed by atoms with van der Waals surface area (Å²) in [7, 11) is 0. The molecule has 4 amide bonds. The number of likely N-dealkylation sites (tertiary alicyclic amines) is 1. The summed E-state index contributed by atoms with van der Waals surface area (Å²) < 4.78 is 16.7. The third-order valence-corrected chi connectivity index (χ3v) is 7.06. The van der Waals surface area contributed by atoms with Crippen LogP contribution in [0.5, 0.6) is 11.5 Å². The van der Waals surface area contributed by atoms with Crippen molar-refractivity contribution >= 4 is 40.8 Å². The zero-order chi connectivity index (χ0) is 25.5. The van der Waals surface area contributed by atoms with E-state index in [-0.39, 0.29) is 29.9 Å². The molecule has 3 aliphatic rings. The van der Waals surface area contributed by atoms with Gasteiger partial charge in [-0.2, -0.15) is 0 Å². The molecule has 3 saturated heterocycles. The zero-order valence-corrected chi connectivity index (χ0v) is 21.2. The highest BCUT2D eigenvalue weighted by Crippen LogP contribution is 2.35. The number of carbonyl (C=O) groups excluding carboxylic acids is 4. The number of ether oxygens (including phenoxy) is 3. The van der Waals surface area contributed by atoms with Gasteiger partial charge in [-0.1, -0.05) is 6.07 Å². The smallest absolute Gasteiger partial charge is 0.294 e. The lowest BCUT2D eigenvalue weighted by Crippen LogP contribution is -2.44. The predicted molar refractivity (Wildman–Crippen MR) is 134 cm³/mol. The molecule has 1 aromatic rings. The van der Waals surface area contributed by atoms with Crippen LogP contribution in [0.2, 0.25) is 0 Å². The van der Waals surface area contributed by atoms with Gasteiger partial charge in [0.15, 0.2) is 18.1 Å². The van der Waals surface area contributed by atoms with Crippen LogP contribution in [0.4, 0.5) is 4.79 Å². The summed E-state index contributed by atoms with van der Waals surface area (Å²) in [6.45, 7) is 5.29. The Kier molecular flexibility index (Phi) is 8.87. The predicted octanol–water partition coefficient (Wildman–Crippen LogP) is 2.37. The van der Waals surface area contributed by atoms with E-state index in [9.17, 15) is 19.2 Å². The second-order valence-corrected chi connectivity index (χ2v) is 9.62. The molecule has 0 N–H and O–H groups in total. The molecular weight excluding hydrogens is 486 g/mol. The second-order valence-electron chi connectivity index (χ2n) is 8.63. The van der Waals surface area contributed by atoms with E-state index >= 15 is 0 Å². The number of thioether (sulfide) groups is 1. The number of carbonyl (C=O) groups is 4. The minimum Gasteiger partial charge on any atom is -0.490 e. The van der Waals surface area contributed by atoms with E-state index in [4.69, 9.17) is 14.2 Å². The third-order valence-electron chi connectivity index (χ3n) is 6.16. The first-order chi connectivity index (χ1) is 17.5. The Balaban J connectivity index is 1.41. The lowest BCUT2D eigenvalue weighted by molar-refractivity contribution is -0.137. The topological polar surface area (TPSA) is 106 Å². The number of morpholine rings is 1. The molecule has 10 nitrogen and oxygen atoms in total. The highest BCUT2D eigenvalue weighted by atomic mass is 32.2. The van der Waals surface area contributed by atoms with Crippen molar-refractivity contribution in [2.24, 2.45) is 0 Å². The van der Waals surface area contributed by atoms with E-state index in [1.807, 2.05) is 6.92 Å². The van der Waals surface area contributed by atoms with E-state index in [2.05, 4.69) is 0 Å². The van der Waals surface area contributed by atoms with Crippen molar-refractivity contribution in [2.75, 3.05) is 59.2 Å². The summed E-state index contributed by atoms with van der Waals surface area (Å²) in [4.78, 5) is 55.0. The molecule has 0 spiro atoms. The van der Waals surface area contributed by atoms with Crippen LogP contribution < -0.4 is 9.47 Å². The molecule has 3 aliphatic heterocycles. The molecule has 0 aliphatic carbocycles. The number of amides is 4. The van der Waals surface area contributed by atoms with Gasteiger partial charge in [0.25, 0.3) is 17.1 Å². The molecule has 0 atom stereocenters. The van der Waals surface area contributed by atoms with Gasteiger partial charge in [-0.3, -0.25) is 24.1 Å². The normalized spacial score (nSPS) is 19.7. The molecule has 1 aromatic carbocycles. The van der Waals surface area contributed by atoms with Crippen molar-refractivity contribution in [3.05, 3.63) is 28.7 Å². The molecule has 194 valence electrons. The summed E-state index contributed by atoms with van der Waals surface area (Å²) in [5.74, 6) is 0.0312. The lowest BCUT2D eigenvalue weighted by atomic mass is 10.1. The molecule has 4 rings (SSSR count). The average molecular weight is 518 g/mol. The Morgan fingerprint density at radius 3 is 2.42 bits per heavy atom. The molecule has 36 heavy (non-hydrogen) atoms. The number of rotatable bonds is 8. The van der Waals surface area contributed by atoms with Gasteiger partial charge >= 0.3 is 0 Å². The molecule has 11 heteroatoms.